The third-order valence-corrected chi connectivity index (χ3v) is 12.0. The summed E-state index contributed by atoms with van der Waals surface area (Å²) >= 11 is 1.90. The Kier molecular flexibility index (Phi) is 7.39. The number of hydrogen-bond acceptors (Lipinski definition) is 3. The highest BCUT2D eigenvalue weighted by molar-refractivity contribution is 7.27. The second-order valence-corrected chi connectivity index (χ2v) is 15.2. The first-order valence-corrected chi connectivity index (χ1v) is 19.5. The molecule has 0 N–H and O–H groups in total. The molecule has 0 aliphatic heterocycles. The second-order valence-electron chi connectivity index (χ2n) is 14.1. The van der Waals surface area contributed by atoms with Crippen LogP contribution in [0.2, 0.25) is 0 Å². The predicted octanol–water partition coefficient (Wildman–Crippen LogP) is 14.6. The van der Waals surface area contributed by atoms with Crippen molar-refractivity contribution in [2.24, 2.45) is 0 Å². The standard InChI is InChI=1S/C52H32N2S/c1-4-16-33(17-5-1)36-28-37(30-38(29-36)52-53-46(34-18-6-2-7-19-34)32-47(54-52)35-20-8-3-9-21-35)44-31-45-41-24-11-10-22-39(41)40-23-12-13-25-42(40)49(45)51-50(44)43-26-14-15-27-48(43)55-51/h1-32H. The van der Waals surface area contributed by atoms with Crippen molar-refractivity contribution in [2.75, 3.05) is 0 Å². The van der Waals surface area contributed by atoms with Crippen LogP contribution in [0.1, 0.15) is 0 Å². The highest BCUT2D eigenvalue weighted by Crippen LogP contribution is 2.49. The van der Waals surface area contributed by atoms with Crippen LogP contribution in [0.5, 0.6) is 0 Å². The maximum Gasteiger partial charge on any atom is 0.160 e. The van der Waals surface area contributed by atoms with Gasteiger partial charge in [0, 0.05) is 42.2 Å². The maximum absolute atomic E-state index is 5.29. The Hall–Kier alpha value is -6.94. The summed E-state index contributed by atoms with van der Waals surface area (Å²) in [5, 5.41) is 10.3. The Morgan fingerprint density at radius 1 is 0.309 bits per heavy atom. The predicted molar refractivity (Wildman–Crippen MR) is 235 cm³/mol. The average molecular weight is 717 g/mol. The number of thiophene rings is 1. The van der Waals surface area contributed by atoms with Crippen molar-refractivity contribution in [3.8, 4) is 56.2 Å². The van der Waals surface area contributed by atoms with Crippen LogP contribution in [-0.4, -0.2) is 9.97 Å². The van der Waals surface area contributed by atoms with Gasteiger partial charge in [-0.3, -0.25) is 0 Å². The molecule has 0 saturated carbocycles. The van der Waals surface area contributed by atoms with E-state index in [1.165, 1.54) is 58.1 Å². The van der Waals surface area contributed by atoms with Gasteiger partial charge in [0.2, 0.25) is 0 Å². The fourth-order valence-corrected chi connectivity index (χ4v) is 9.59. The van der Waals surface area contributed by atoms with Crippen molar-refractivity contribution in [3.63, 3.8) is 0 Å². The zero-order valence-electron chi connectivity index (χ0n) is 29.8. The lowest BCUT2D eigenvalue weighted by molar-refractivity contribution is 1.18. The number of aromatic nitrogens is 2. The lowest BCUT2D eigenvalue weighted by Crippen LogP contribution is -1.97. The van der Waals surface area contributed by atoms with Crippen LogP contribution in [0, 0.1) is 0 Å². The van der Waals surface area contributed by atoms with Gasteiger partial charge in [0.1, 0.15) is 0 Å². The molecular formula is C52H32N2S. The molecule has 0 bridgehead atoms. The highest BCUT2D eigenvalue weighted by atomic mass is 32.1. The average Bonchev–Trinajstić information content (AvgIpc) is 3.66. The molecule has 0 radical (unpaired) electrons. The van der Waals surface area contributed by atoms with E-state index in [0.717, 1.165) is 44.8 Å². The zero-order chi connectivity index (χ0) is 36.3. The number of rotatable bonds is 5. The van der Waals surface area contributed by atoms with Crippen LogP contribution >= 0.6 is 11.3 Å². The van der Waals surface area contributed by atoms with Crippen LogP contribution in [0.4, 0.5) is 0 Å². The minimum Gasteiger partial charge on any atom is -0.228 e. The van der Waals surface area contributed by atoms with Crippen molar-refractivity contribution in [1.82, 2.24) is 9.97 Å². The van der Waals surface area contributed by atoms with Crippen molar-refractivity contribution in [1.29, 1.82) is 0 Å². The van der Waals surface area contributed by atoms with Crippen molar-refractivity contribution in [2.45, 2.75) is 0 Å². The fourth-order valence-electron chi connectivity index (χ4n) is 8.30. The molecule has 0 atom stereocenters. The molecule has 2 nitrogen and oxygen atoms in total. The number of benzene rings is 9. The van der Waals surface area contributed by atoms with Gasteiger partial charge in [-0.05, 0) is 85.6 Å². The van der Waals surface area contributed by atoms with E-state index >= 15 is 0 Å². The molecule has 0 fully saturated rings. The molecule has 9 aromatic carbocycles. The van der Waals surface area contributed by atoms with E-state index in [2.05, 4.69) is 182 Å². The van der Waals surface area contributed by atoms with Gasteiger partial charge in [-0.1, -0.05) is 158 Å². The highest BCUT2D eigenvalue weighted by Gasteiger charge is 2.21. The van der Waals surface area contributed by atoms with Gasteiger partial charge in [0.25, 0.3) is 0 Å². The summed E-state index contributed by atoms with van der Waals surface area (Å²) in [6.45, 7) is 0. The first-order valence-electron chi connectivity index (χ1n) is 18.7. The molecule has 11 aromatic rings. The summed E-state index contributed by atoms with van der Waals surface area (Å²) in [6, 6.07) is 69.6. The number of nitrogens with zero attached hydrogens (tertiary/aromatic N) is 2. The monoisotopic (exact) mass is 716 g/mol. The van der Waals surface area contributed by atoms with Gasteiger partial charge < -0.3 is 0 Å². The Morgan fingerprint density at radius 2 is 0.782 bits per heavy atom. The number of hydrogen-bond donors (Lipinski definition) is 0. The summed E-state index contributed by atoms with van der Waals surface area (Å²) in [7, 11) is 0. The van der Waals surface area contributed by atoms with Crippen molar-refractivity contribution < 1.29 is 0 Å². The third kappa shape index (κ3) is 5.32. The first-order chi connectivity index (χ1) is 27.3. The summed E-state index contributed by atoms with van der Waals surface area (Å²) in [5.74, 6) is 0.697. The van der Waals surface area contributed by atoms with Crippen molar-refractivity contribution in [3.05, 3.63) is 194 Å². The lowest BCUT2D eigenvalue weighted by atomic mass is 9.88. The molecule has 11 rings (SSSR count). The molecule has 0 spiro atoms. The van der Waals surface area contributed by atoms with Crippen LogP contribution in [-0.2, 0) is 0 Å². The quantitative estimate of drug-likeness (QED) is 0.166. The van der Waals surface area contributed by atoms with Crippen LogP contribution in [0.15, 0.2) is 194 Å². The normalized spacial score (nSPS) is 11.6. The SMILES string of the molecule is c1ccc(-c2cc(-c3nc(-c4ccccc4)cc(-c4ccccc4)n3)cc(-c3cc4c5ccccc5c5ccccc5c4c4sc5ccccc5c34)c2)cc1. The van der Waals surface area contributed by atoms with Gasteiger partial charge in [-0.2, -0.15) is 0 Å². The molecule has 0 amide bonds. The van der Waals surface area contributed by atoms with E-state index in [9.17, 15) is 0 Å². The van der Waals surface area contributed by atoms with Crippen molar-refractivity contribution >= 4 is 63.8 Å². The van der Waals surface area contributed by atoms with Gasteiger partial charge in [0.15, 0.2) is 5.82 Å². The summed E-state index contributed by atoms with van der Waals surface area (Å²) < 4.78 is 2.60. The maximum atomic E-state index is 5.29. The van der Waals surface area contributed by atoms with Gasteiger partial charge in [0.05, 0.1) is 11.4 Å². The summed E-state index contributed by atoms with van der Waals surface area (Å²) in [6.07, 6.45) is 0. The third-order valence-electron chi connectivity index (χ3n) is 10.8. The van der Waals surface area contributed by atoms with E-state index in [-0.39, 0.29) is 0 Å². The summed E-state index contributed by atoms with van der Waals surface area (Å²) in [4.78, 5) is 10.6. The van der Waals surface area contributed by atoms with Gasteiger partial charge in [-0.25, -0.2) is 9.97 Å². The lowest BCUT2D eigenvalue weighted by Gasteiger charge is -2.16. The van der Waals surface area contributed by atoms with Gasteiger partial charge >= 0.3 is 0 Å². The van der Waals surface area contributed by atoms with Gasteiger partial charge in [-0.15, -0.1) is 11.3 Å². The number of fused-ring (bicyclic) bond motifs is 10. The molecule has 55 heavy (non-hydrogen) atoms. The van der Waals surface area contributed by atoms with Crippen LogP contribution in [0.3, 0.4) is 0 Å². The first kappa shape index (κ1) is 31.6. The minimum atomic E-state index is 0.697. The topological polar surface area (TPSA) is 25.8 Å². The molecule has 0 aliphatic rings. The Bertz CT molecular complexity index is 3180. The largest absolute Gasteiger partial charge is 0.228 e. The summed E-state index contributed by atoms with van der Waals surface area (Å²) in [5.41, 5.74) is 9.50. The smallest absolute Gasteiger partial charge is 0.160 e. The fraction of sp³-hybridized carbons (Fsp3) is 0. The molecule has 3 heteroatoms. The molecule has 0 saturated heterocycles. The Morgan fingerprint density at radius 3 is 1.42 bits per heavy atom. The Balaban J connectivity index is 1.26. The minimum absolute atomic E-state index is 0.697. The van der Waals surface area contributed by atoms with E-state index in [1.54, 1.807) is 0 Å². The molecule has 2 heterocycles. The molecule has 0 aliphatic carbocycles. The zero-order valence-corrected chi connectivity index (χ0v) is 30.6. The molecule has 256 valence electrons. The Labute approximate surface area is 322 Å². The van der Waals surface area contributed by atoms with E-state index in [0.29, 0.717) is 5.82 Å². The van der Waals surface area contributed by atoms with Crippen LogP contribution < -0.4 is 0 Å². The van der Waals surface area contributed by atoms with E-state index in [4.69, 9.17) is 9.97 Å². The molecular weight excluding hydrogens is 685 g/mol. The van der Waals surface area contributed by atoms with Crippen LogP contribution in [0.25, 0.3) is 109 Å². The van der Waals surface area contributed by atoms with E-state index in [1.807, 2.05) is 23.5 Å². The molecule has 2 aromatic heterocycles. The van der Waals surface area contributed by atoms with E-state index < -0.39 is 0 Å². The molecule has 0 unspecified atom stereocenters. The second kappa shape index (κ2) is 12.9.